The van der Waals surface area contributed by atoms with Crippen molar-refractivity contribution >= 4 is 17.1 Å². The highest BCUT2D eigenvalue weighted by molar-refractivity contribution is 5.83. The Labute approximate surface area is 195 Å². The van der Waals surface area contributed by atoms with Crippen LogP contribution in [-0.2, 0) is 6.42 Å². The molecule has 5 aromatic carbocycles. The van der Waals surface area contributed by atoms with Gasteiger partial charge in [-0.05, 0) is 88.7 Å². The van der Waals surface area contributed by atoms with E-state index in [9.17, 15) is 0 Å². The monoisotopic (exact) mass is 423 g/mol. The molecular formula is C32H25N. The van der Waals surface area contributed by atoms with Gasteiger partial charge in [0.2, 0.25) is 0 Å². The maximum Gasteiger partial charge on any atom is 0.0490 e. The molecule has 1 aliphatic carbocycles. The first-order chi connectivity index (χ1) is 16.3. The second kappa shape index (κ2) is 8.11. The number of aryl methyl sites for hydroxylation is 1. The molecule has 1 nitrogen and oxygen atoms in total. The molecule has 0 spiro atoms. The number of fused-ring (bicyclic) bond motifs is 3. The van der Waals surface area contributed by atoms with Crippen molar-refractivity contribution in [2.45, 2.75) is 13.3 Å². The maximum atomic E-state index is 2.35. The second-order valence-corrected chi connectivity index (χ2v) is 8.71. The van der Waals surface area contributed by atoms with E-state index in [1.165, 1.54) is 44.6 Å². The minimum absolute atomic E-state index is 1.03. The fraction of sp³-hybridized carbons (Fsp3) is 0.0625. The molecule has 0 radical (unpaired) electrons. The van der Waals surface area contributed by atoms with E-state index in [0.717, 1.165) is 17.8 Å². The lowest BCUT2D eigenvalue weighted by Crippen LogP contribution is -2.11. The molecule has 1 heteroatoms. The first-order valence-corrected chi connectivity index (χ1v) is 11.5. The van der Waals surface area contributed by atoms with Crippen molar-refractivity contribution in [1.82, 2.24) is 0 Å². The molecule has 33 heavy (non-hydrogen) atoms. The van der Waals surface area contributed by atoms with Crippen LogP contribution in [0.15, 0.2) is 121 Å². The zero-order chi connectivity index (χ0) is 22.2. The third-order valence-electron chi connectivity index (χ3n) is 6.63. The summed E-state index contributed by atoms with van der Waals surface area (Å²) in [5.41, 5.74) is 12.9. The number of hydrogen-bond acceptors (Lipinski definition) is 1. The van der Waals surface area contributed by atoms with Crippen LogP contribution in [0.1, 0.15) is 16.7 Å². The predicted octanol–water partition coefficient (Wildman–Crippen LogP) is 8.70. The van der Waals surface area contributed by atoms with Gasteiger partial charge in [0.1, 0.15) is 0 Å². The topological polar surface area (TPSA) is 3.24 Å². The molecule has 0 unspecified atom stereocenters. The number of benzene rings is 5. The molecule has 0 saturated carbocycles. The summed E-state index contributed by atoms with van der Waals surface area (Å²) in [6, 6.07) is 43.8. The highest BCUT2D eigenvalue weighted by Crippen LogP contribution is 2.40. The summed E-state index contributed by atoms with van der Waals surface area (Å²) in [5.74, 6) is 0. The Morgan fingerprint density at radius 3 is 1.97 bits per heavy atom. The van der Waals surface area contributed by atoms with Crippen molar-refractivity contribution in [2.24, 2.45) is 0 Å². The second-order valence-electron chi connectivity index (χ2n) is 8.71. The highest BCUT2D eigenvalue weighted by atomic mass is 15.1. The minimum atomic E-state index is 1.03. The largest absolute Gasteiger partial charge is 0.310 e. The summed E-state index contributed by atoms with van der Waals surface area (Å²) >= 11 is 0. The van der Waals surface area contributed by atoms with E-state index < -0.39 is 0 Å². The lowest BCUT2D eigenvalue weighted by Gasteiger charge is -2.27. The molecule has 158 valence electrons. The lowest BCUT2D eigenvalue weighted by molar-refractivity contribution is 1.25. The lowest BCUT2D eigenvalue weighted by atomic mass is 9.98. The van der Waals surface area contributed by atoms with Crippen LogP contribution in [0, 0.1) is 6.92 Å². The Morgan fingerprint density at radius 1 is 0.515 bits per heavy atom. The average molecular weight is 424 g/mol. The van der Waals surface area contributed by atoms with E-state index in [4.69, 9.17) is 0 Å². The zero-order valence-corrected chi connectivity index (χ0v) is 18.7. The van der Waals surface area contributed by atoms with Gasteiger partial charge in [0.05, 0.1) is 0 Å². The summed E-state index contributed by atoms with van der Waals surface area (Å²) in [4.78, 5) is 2.33. The normalized spacial score (nSPS) is 11.7. The van der Waals surface area contributed by atoms with Crippen molar-refractivity contribution in [2.75, 3.05) is 4.90 Å². The molecule has 0 aliphatic heterocycles. The van der Waals surface area contributed by atoms with Gasteiger partial charge in [0.25, 0.3) is 0 Å². The summed E-state index contributed by atoms with van der Waals surface area (Å²) < 4.78 is 0. The van der Waals surface area contributed by atoms with Gasteiger partial charge in [-0.3, -0.25) is 0 Å². The molecule has 0 fully saturated rings. The van der Waals surface area contributed by atoms with Crippen LogP contribution in [0.4, 0.5) is 17.1 Å². The zero-order valence-electron chi connectivity index (χ0n) is 18.7. The van der Waals surface area contributed by atoms with Crippen molar-refractivity contribution in [1.29, 1.82) is 0 Å². The molecule has 0 aromatic heterocycles. The number of anilines is 3. The first-order valence-electron chi connectivity index (χ1n) is 11.5. The van der Waals surface area contributed by atoms with Crippen LogP contribution >= 0.6 is 0 Å². The molecule has 0 bridgehead atoms. The summed E-state index contributed by atoms with van der Waals surface area (Å²) in [6.07, 6.45) is 1.03. The van der Waals surface area contributed by atoms with Crippen LogP contribution < -0.4 is 4.90 Å². The Hall–Kier alpha value is -4.10. The molecule has 6 rings (SSSR count). The molecule has 0 amide bonds. The van der Waals surface area contributed by atoms with Gasteiger partial charge in [-0.2, -0.15) is 0 Å². The van der Waals surface area contributed by atoms with Crippen LogP contribution in [0.5, 0.6) is 0 Å². The van der Waals surface area contributed by atoms with Crippen LogP contribution in [0.2, 0.25) is 0 Å². The third-order valence-corrected chi connectivity index (χ3v) is 6.63. The van der Waals surface area contributed by atoms with Gasteiger partial charge >= 0.3 is 0 Å². The molecule has 1 aliphatic rings. The third kappa shape index (κ3) is 3.52. The Balaban J connectivity index is 1.39. The SMILES string of the molecule is Cc1ccccc1N(c1ccccc1)c1ccc(-c2ccc3c(c2)-c2ccccc2C3)cc1. The van der Waals surface area contributed by atoms with Crippen LogP contribution in [0.3, 0.4) is 0 Å². The number of nitrogens with zero attached hydrogens (tertiary/aromatic N) is 1. The minimum Gasteiger partial charge on any atom is -0.310 e. The smallest absolute Gasteiger partial charge is 0.0490 e. The van der Waals surface area contributed by atoms with Crippen molar-refractivity contribution in [3.63, 3.8) is 0 Å². The molecule has 0 N–H and O–H groups in total. The van der Waals surface area contributed by atoms with Gasteiger partial charge in [0.15, 0.2) is 0 Å². The summed E-state index contributed by atoms with van der Waals surface area (Å²) in [6.45, 7) is 2.17. The van der Waals surface area contributed by atoms with E-state index in [1.807, 2.05) is 0 Å². The summed E-state index contributed by atoms with van der Waals surface area (Å²) in [5, 5.41) is 0. The quantitative estimate of drug-likeness (QED) is 0.274. The highest BCUT2D eigenvalue weighted by Gasteiger charge is 2.18. The van der Waals surface area contributed by atoms with Gasteiger partial charge in [-0.25, -0.2) is 0 Å². The van der Waals surface area contributed by atoms with E-state index >= 15 is 0 Å². The predicted molar refractivity (Wildman–Crippen MR) is 140 cm³/mol. The van der Waals surface area contributed by atoms with Crippen molar-refractivity contribution in [3.8, 4) is 22.3 Å². The molecular weight excluding hydrogens is 398 g/mol. The standard InChI is InChI=1S/C32H25N/c1-23-9-5-8-14-32(23)33(28-11-3-2-4-12-28)29-19-17-24(18-20-29)25-15-16-27-21-26-10-6-7-13-30(26)31(27)22-25/h2-20,22H,21H2,1H3. The fourth-order valence-corrected chi connectivity index (χ4v) is 4.92. The number of para-hydroxylation sites is 2. The Morgan fingerprint density at radius 2 is 1.15 bits per heavy atom. The van der Waals surface area contributed by atoms with E-state index in [0.29, 0.717) is 0 Å². The van der Waals surface area contributed by atoms with Crippen molar-refractivity contribution < 1.29 is 0 Å². The maximum absolute atomic E-state index is 2.35. The molecule has 0 saturated heterocycles. The molecule has 0 atom stereocenters. The van der Waals surface area contributed by atoms with Crippen molar-refractivity contribution in [3.05, 3.63) is 138 Å². The Bertz CT molecular complexity index is 1430. The number of rotatable bonds is 4. The van der Waals surface area contributed by atoms with E-state index in [1.54, 1.807) is 0 Å². The van der Waals surface area contributed by atoms with Gasteiger partial charge < -0.3 is 4.90 Å². The van der Waals surface area contributed by atoms with Crippen LogP contribution in [0.25, 0.3) is 22.3 Å². The molecule has 0 heterocycles. The van der Waals surface area contributed by atoms with Gasteiger partial charge in [-0.15, -0.1) is 0 Å². The van der Waals surface area contributed by atoms with Gasteiger partial charge in [-0.1, -0.05) is 84.9 Å². The summed E-state index contributed by atoms with van der Waals surface area (Å²) in [7, 11) is 0. The first kappa shape index (κ1) is 19.6. The Kier molecular flexibility index (Phi) is 4.81. The van der Waals surface area contributed by atoms with E-state index in [2.05, 4.69) is 133 Å². The van der Waals surface area contributed by atoms with Crippen LogP contribution in [-0.4, -0.2) is 0 Å². The molecule has 5 aromatic rings. The fourth-order valence-electron chi connectivity index (χ4n) is 4.92. The average Bonchev–Trinajstić information content (AvgIpc) is 3.24. The van der Waals surface area contributed by atoms with E-state index in [-0.39, 0.29) is 0 Å². The number of hydrogen-bond donors (Lipinski definition) is 0. The van der Waals surface area contributed by atoms with Gasteiger partial charge in [0, 0.05) is 17.1 Å².